The van der Waals surface area contributed by atoms with Crippen molar-refractivity contribution in [2.75, 3.05) is 5.32 Å². The van der Waals surface area contributed by atoms with Gasteiger partial charge in [-0.1, -0.05) is 29.8 Å². The van der Waals surface area contributed by atoms with Gasteiger partial charge in [0.25, 0.3) is 11.7 Å². The van der Waals surface area contributed by atoms with Gasteiger partial charge in [-0.3, -0.25) is 9.59 Å². The van der Waals surface area contributed by atoms with Crippen LogP contribution in [-0.4, -0.2) is 21.1 Å². The predicted octanol–water partition coefficient (Wildman–Crippen LogP) is 4.27. The van der Waals surface area contributed by atoms with Gasteiger partial charge in [-0.05, 0) is 48.0 Å². The van der Waals surface area contributed by atoms with Gasteiger partial charge in [0.05, 0.1) is 28.4 Å². The Labute approximate surface area is 177 Å². The van der Waals surface area contributed by atoms with Gasteiger partial charge in [0.15, 0.2) is 5.15 Å². The maximum atomic E-state index is 12.9. The van der Waals surface area contributed by atoms with Gasteiger partial charge in [-0.15, -0.1) is 0 Å². The third-order valence-corrected chi connectivity index (χ3v) is 4.98. The fraction of sp³-hybridized carbons (Fsp3) is 0.0435. The largest absolute Gasteiger partial charge is 0.320 e. The summed E-state index contributed by atoms with van der Waals surface area (Å²) in [5.74, 6) is -1.45. The van der Waals surface area contributed by atoms with E-state index < -0.39 is 11.7 Å². The second-order valence-corrected chi connectivity index (χ2v) is 6.97. The molecule has 0 aliphatic carbocycles. The molecule has 6 nitrogen and oxygen atoms in total. The van der Waals surface area contributed by atoms with Crippen molar-refractivity contribution in [2.24, 2.45) is 0 Å². The molecule has 0 spiro atoms. The van der Waals surface area contributed by atoms with Gasteiger partial charge in [-0.25, -0.2) is 4.98 Å². The van der Waals surface area contributed by atoms with Gasteiger partial charge in [0.2, 0.25) is 0 Å². The summed E-state index contributed by atoms with van der Waals surface area (Å²) in [6, 6.07) is 19.7. The highest BCUT2D eigenvalue weighted by molar-refractivity contribution is 6.48. The topological polar surface area (TPSA) is 87.3 Å². The van der Waals surface area contributed by atoms with E-state index in [2.05, 4.69) is 16.4 Å². The average molecular weight is 415 g/mol. The number of nitriles is 1. The van der Waals surface area contributed by atoms with E-state index in [9.17, 15) is 9.59 Å². The van der Waals surface area contributed by atoms with Crippen LogP contribution in [0.3, 0.4) is 0 Å². The van der Waals surface area contributed by atoms with Gasteiger partial charge < -0.3 is 9.72 Å². The highest BCUT2D eigenvalue weighted by Gasteiger charge is 2.22. The van der Waals surface area contributed by atoms with Crippen molar-refractivity contribution in [1.82, 2.24) is 9.38 Å². The number of amides is 1. The van der Waals surface area contributed by atoms with E-state index in [4.69, 9.17) is 16.9 Å². The summed E-state index contributed by atoms with van der Waals surface area (Å²) in [6.07, 6.45) is 3.89. The van der Waals surface area contributed by atoms with Crippen LogP contribution in [0.2, 0.25) is 5.15 Å². The molecule has 146 valence electrons. The van der Waals surface area contributed by atoms with Crippen LogP contribution in [0.25, 0.3) is 5.52 Å². The number of benzene rings is 1. The monoisotopic (exact) mass is 414 g/mol. The average Bonchev–Trinajstić information content (AvgIpc) is 3.14. The van der Waals surface area contributed by atoms with Crippen LogP contribution in [0.1, 0.15) is 27.2 Å². The van der Waals surface area contributed by atoms with Crippen molar-refractivity contribution < 1.29 is 9.59 Å². The fourth-order valence-electron chi connectivity index (χ4n) is 3.23. The number of anilines is 1. The maximum Gasteiger partial charge on any atom is 0.296 e. The number of nitrogens with zero attached hydrogens (tertiary/aromatic N) is 3. The number of pyridine rings is 2. The Morgan fingerprint density at radius 1 is 1.10 bits per heavy atom. The number of Topliss-reactive ketones (excluding diaryl/α,β-unsaturated/α-hetero) is 1. The minimum Gasteiger partial charge on any atom is -0.320 e. The molecule has 0 radical (unpaired) electrons. The summed E-state index contributed by atoms with van der Waals surface area (Å²) in [6.45, 7) is 0. The van der Waals surface area contributed by atoms with Crippen molar-refractivity contribution in [1.29, 1.82) is 5.26 Å². The highest BCUT2D eigenvalue weighted by Crippen LogP contribution is 2.22. The molecular formula is C23H15ClN4O2. The number of fused-ring (bicyclic) bond motifs is 1. The van der Waals surface area contributed by atoms with Crippen LogP contribution in [0.15, 0.2) is 73.1 Å². The minimum atomic E-state index is -0.786. The molecule has 4 rings (SSSR count). The molecule has 30 heavy (non-hydrogen) atoms. The first-order chi connectivity index (χ1) is 14.6. The molecule has 1 amide bonds. The van der Waals surface area contributed by atoms with E-state index in [1.807, 2.05) is 34.9 Å². The van der Waals surface area contributed by atoms with Crippen LogP contribution in [-0.2, 0) is 11.2 Å². The van der Waals surface area contributed by atoms with Crippen molar-refractivity contribution in [3.63, 3.8) is 0 Å². The standard InChI is InChI=1S/C23H15ClN4O2/c24-22-19(4-3-10-26-22)27-23(30)21(29)18-13-17(28-11-2-1-5-20(18)28)12-15-6-8-16(14-25)9-7-15/h1-11,13H,12H2,(H,27,30). The first-order valence-corrected chi connectivity index (χ1v) is 9.49. The van der Waals surface area contributed by atoms with Crippen LogP contribution >= 0.6 is 11.6 Å². The zero-order valence-electron chi connectivity index (χ0n) is 15.7. The molecule has 1 aromatic carbocycles. The molecule has 0 bridgehead atoms. The van der Waals surface area contributed by atoms with Crippen molar-refractivity contribution in [2.45, 2.75) is 6.42 Å². The SMILES string of the molecule is N#Cc1ccc(Cc2cc(C(=O)C(=O)Nc3cccnc3Cl)c3ccccn23)cc1. The zero-order valence-corrected chi connectivity index (χ0v) is 16.4. The van der Waals surface area contributed by atoms with Crippen molar-refractivity contribution >= 4 is 34.5 Å². The summed E-state index contributed by atoms with van der Waals surface area (Å²) in [4.78, 5) is 29.4. The third-order valence-electron chi connectivity index (χ3n) is 4.68. The smallest absolute Gasteiger partial charge is 0.296 e. The number of hydrogen-bond donors (Lipinski definition) is 1. The second kappa shape index (κ2) is 8.19. The van der Waals surface area contributed by atoms with E-state index >= 15 is 0 Å². The molecule has 0 saturated heterocycles. The van der Waals surface area contributed by atoms with Crippen LogP contribution < -0.4 is 5.32 Å². The first kappa shape index (κ1) is 19.4. The molecule has 0 aliphatic rings. The molecule has 0 aliphatic heterocycles. The number of nitrogens with one attached hydrogen (secondary N) is 1. The van der Waals surface area contributed by atoms with E-state index in [1.54, 1.807) is 36.4 Å². The first-order valence-electron chi connectivity index (χ1n) is 9.11. The van der Waals surface area contributed by atoms with E-state index in [1.165, 1.54) is 6.20 Å². The Hall–Kier alpha value is -3.95. The van der Waals surface area contributed by atoms with Crippen LogP contribution in [0, 0.1) is 11.3 Å². The minimum absolute atomic E-state index is 0.113. The van der Waals surface area contributed by atoms with Crippen molar-refractivity contribution in [3.8, 4) is 6.07 Å². The number of ketones is 1. The number of carbonyl (C=O) groups excluding carboxylic acids is 2. The normalized spacial score (nSPS) is 10.5. The zero-order chi connectivity index (χ0) is 21.1. The Morgan fingerprint density at radius 2 is 1.90 bits per heavy atom. The molecule has 3 aromatic heterocycles. The van der Waals surface area contributed by atoms with Crippen LogP contribution in [0.4, 0.5) is 5.69 Å². The van der Waals surface area contributed by atoms with Crippen LogP contribution in [0.5, 0.6) is 0 Å². The lowest BCUT2D eigenvalue weighted by Crippen LogP contribution is -2.23. The number of aromatic nitrogens is 2. The number of hydrogen-bond acceptors (Lipinski definition) is 4. The summed E-state index contributed by atoms with van der Waals surface area (Å²) in [7, 11) is 0. The molecule has 0 saturated carbocycles. The Morgan fingerprint density at radius 3 is 2.63 bits per heavy atom. The lowest BCUT2D eigenvalue weighted by atomic mass is 10.1. The molecule has 7 heteroatoms. The van der Waals surface area contributed by atoms with Crippen molar-refractivity contribution in [3.05, 3.63) is 101 Å². The number of carbonyl (C=O) groups is 2. The van der Waals surface area contributed by atoms with E-state index in [0.717, 1.165) is 11.3 Å². The van der Waals surface area contributed by atoms with E-state index in [-0.39, 0.29) is 10.8 Å². The lowest BCUT2D eigenvalue weighted by Gasteiger charge is -2.05. The summed E-state index contributed by atoms with van der Waals surface area (Å²) in [5.41, 5.74) is 3.64. The van der Waals surface area contributed by atoms with E-state index in [0.29, 0.717) is 23.1 Å². The molecule has 1 N–H and O–H groups in total. The number of rotatable bonds is 5. The molecular weight excluding hydrogens is 400 g/mol. The quantitative estimate of drug-likeness (QED) is 0.300. The number of halogens is 1. The highest BCUT2D eigenvalue weighted by atomic mass is 35.5. The van der Waals surface area contributed by atoms with Gasteiger partial charge in [0.1, 0.15) is 0 Å². The van der Waals surface area contributed by atoms with Gasteiger partial charge >= 0.3 is 0 Å². The second-order valence-electron chi connectivity index (χ2n) is 6.62. The van der Waals surface area contributed by atoms with Gasteiger partial charge in [0, 0.05) is 24.5 Å². The Bertz CT molecular complexity index is 1300. The summed E-state index contributed by atoms with van der Waals surface area (Å²) < 4.78 is 1.88. The molecule has 0 atom stereocenters. The maximum absolute atomic E-state index is 12.9. The summed E-state index contributed by atoms with van der Waals surface area (Å²) in [5, 5.41) is 11.6. The predicted molar refractivity (Wildman–Crippen MR) is 114 cm³/mol. The lowest BCUT2D eigenvalue weighted by molar-refractivity contribution is -0.112. The third kappa shape index (κ3) is 3.79. The fourth-order valence-corrected chi connectivity index (χ4v) is 3.39. The molecule has 0 unspecified atom stereocenters. The molecule has 4 aromatic rings. The molecule has 0 fully saturated rings. The Kier molecular flexibility index (Phi) is 5.29. The Balaban J connectivity index is 1.65. The molecule has 3 heterocycles. The summed E-state index contributed by atoms with van der Waals surface area (Å²) >= 11 is 5.97. The van der Waals surface area contributed by atoms with Gasteiger partial charge in [-0.2, -0.15) is 5.26 Å².